The lowest BCUT2D eigenvalue weighted by Crippen LogP contribution is -2.85. The fourth-order valence-electron chi connectivity index (χ4n) is 4.00. The monoisotopic (exact) mass is 688 g/mol. The van der Waals surface area contributed by atoms with Gasteiger partial charge in [-0.05, 0) is 0 Å². The van der Waals surface area contributed by atoms with Crippen molar-refractivity contribution in [3.05, 3.63) is 37.0 Å². The molecule has 3 atom stereocenters. The predicted molar refractivity (Wildman–Crippen MR) is 151 cm³/mol. The molecule has 2 rings (SSSR count). The van der Waals surface area contributed by atoms with Crippen LogP contribution in [0.2, 0.25) is 0 Å². The van der Waals surface area contributed by atoms with Gasteiger partial charge in [0, 0.05) is 5.75 Å². The van der Waals surface area contributed by atoms with Gasteiger partial charge >= 0.3 is 18.0 Å². The average Bonchev–Trinajstić information content (AvgIpc) is 3.06. The van der Waals surface area contributed by atoms with Crippen molar-refractivity contribution in [1.29, 1.82) is 0 Å². The SMILES string of the molecule is C=C(CS)OOCC1(OOC(=C)CS)COCC(F)(F)C12OC(F)(F)COCC2(COC(=O)CCS)OOC(=C)CS. The fraction of sp³-hybridized carbons (Fsp3) is 0.696. The molecule has 0 aromatic rings. The van der Waals surface area contributed by atoms with Crippen LogP contribution in [0.5, 0.6) is 0 Å². The van der Waals surface area contributed by atoms with E-state index in [0.717, 1.165) is 0 Å². The van der Waals surface area contributed by atoms with E-state index in [1.807, 2.05) is 0 Å². The standard InChI is InChI=1S/C23H32F4O11S4/c1-15(6-40)33-32-12-20(38-35-17(3)8-42)10-29-13-21(24,25)23(20)19(37-34-16(2)7-41,11-31-18(28)4-5-39)9-30-14-22(26,27)36-23/h39-42H,1-14H2. The summed E-state index contributed by atoms with van der Waals surface area (Å²) in [6.07, 6.45) is -4.73. The molecule has 2 fully saturated rings. The van der Waals surface area contributed by atoms with Gasteiger partial charge in [-0.2, -0.15) is 74.0 Å². The molecule has 1 spiro atoms. The molecule has 0 amide bonds. The normalized spacial score (nSPS) is 28.4. The van der Waals surface area contributed by atoms with Gasteiger partial charge in [0.25, 0.3) is 0 Å². The maximum Gasteiger partial charge on any atom is 0.379 e. The van der Waals surface area contributed by atoms with Crippen molar-refractivity contribution >= 4 is 56.5 Å². The van der Waals surface area contributed by atoms with E-state index in [4.69, 9.17) is 48.3 Å². The van der Waals surface area contributed by atoms with Crippen LogP contribution in [0, 0.1) is 0 Å². The zero-order valence-electron chi connectivity index (χ0n) is 22.2. The molecule has 0 aromatic heterocycles. The van der Waals surface area contributed by atoms with Gasteiger partial charge in [-0.25, -0.2) is 8.78 Å². The molecule has 0 N–H and O–H groups in total. The van der Waals surface area contributed by atoms with E-state index in [9.17, 15) is 4.79 Å². The van der Waals surface area contributed by atoms with Crippen molar-refractivity contribution in [2.24, 2.45) is 0 Å². The van der Waals surface area contributed by atoms with Crippen LogP contribution < -0.4 is 0 Å². The molecule has 19 heteroatoms. The van der Waals surface area contributed by atoms with Gasteiger partial charge in [-0.3, -0.25) is 9.53 Å². The number of hydrogen-bond donors (Lipinski definition) is 4. The maximum absolute atomic E-state index is 16.5. The molecule has 0 saturated carbocycles. The first-order valence-corrected chi connectivity index (χ1v) is 14.5. The molecule has 2 aliphatic rings. The predicted octanol–water partition coefficient (Wildman–Crippen LogP) is 3.55. The van der Waals surface area contributed by atoms with Gasteiger partial charge in [0.1, 0.15) is 43.7 Å². The fourth-order valence-corrected chi connectivity index (χ4v) is 4.35. The summed E-state index contributed by atoms with van der Waals surface area (Å²) in [5.41, 5.74) is -9.70. The molecule has 0 aromatic carbocycles. The lowest BCUT2D eigenvalue weighted by atomic mass is 9.66. The number of ether oxygens (including phenoxy) is 4. The molecule has 2 saturated heterocycles. The highest BCUT2D eigenvalue weighted by Crippen LogP contribution is 2.57. The first kappa shape index (κ1) is 37.2. The molecule has 0 radical (unpaired) electrons. The van der Waals surface area contributed by atoms with Crippen LogP contribution in [0.15, 0.2) is 37.0 Å². The second kappa shape index (κ2) is 15.8. The van der Waals surface area contributed by atoms with E-state index in [0.29, 0.717) is 0 Å². The van der Waals surface area contributed by atoms with Gasteiger partial charge in [0.05, 0.1) is 36.9 Å². The molecule has 0 bridgehead atoms. The Bertz CT molecular complexity index is 979. The molecule has 11 nitrogen and oxygen atoms in total. The van der Waals surface area contributed by atoms with Crippen LogP contribution in [0.1, 0.15) is 6.42 Å². The van der Waals surface area contributed by atoms with Crippen LogP contribution in [-0.4, -0.2) is 97.5 Å². The average molecular weight is 689 g/mol. The first-order chi connectivity index (χ1) is 19.7. The van der Waals surface area contributed by atoms with Gasteiger partial charge in [0.2, 0.25) is 16.8 Å². The molecular weight excluding hydrogens is 657 g/mol. The Morgan fingerprint density at radius 2 is 1.24 bits per heavy atom. The van der Waals surface area contributed by atoms with Crippen LogP contribution in [0.4, 0.5) is 17.6 Å². The first-order valence-electron chi connectivity index (χ1n) is 11.9. The minimum absolute atomic E-state index is 0.00675. The quantitative estimate of drug-likeness (QED) is 0.0450. The number of carbonyl (C=O) groups excluding carboxylic acids is 1. The Kier molecular flexibility index (Phi) is 14.0. The minimum Gasteiger partial charge on any atom is -0.462 e. The minimum atomic E-state index is -4.49. The number of thiol groups is 4. The van der Waals surface area contributed by atoms with Crippen molar-refractivity contribution in [1.82, 2.24) is 0 Å². The lowest BCUT2D eigenvalue weighted by Gasteiger charge is -2.58. The van der Waals surface area contributed by atoms with Gasteiger partial charge in [0.15, 0.2) is 0 Å². The molecular formula is C23H32F4O11S4. The topological polar surface area (TPSA) is 109 Å². The smallest absolute Gasteiger partial charge is 0.379 e. The highest BCUT2D eigenvalue weighted by atomic mass is 32.1. The highest BCUT2D eigenvalue weighted by molar-refractivity contribution is 7.80. The van der Waals surface area contributed by atoms with Crippen molar-refractivity contribution in [3.63, 3.8) is 0 Å². The van der Waals surface area contributed by atoms with Crippen LogP contribution >= 0.6 is 50.5 Å². The summed E-state index contributed by atoms with van der Waals surface area (Å²) in [5, 5.41) is 0. The summed E-state index contributed by atoms with van der Waals surface area (Å²) in [6, 6.07) is 0. The summed E-state index contributed by atoms with van der Waals surface area (Å²) in [4.78, 5) is 43.5. The number of esters is 1. The van der Waals surface area contributed by atoms with E-state index in [-0.39, 0.29) is 46.7 Å². The van der Waals surface area contributed by atoms with Crippen molar-refractivity contribution < 1.29 is 70.6 Å². The number of hydrogen-bond acceptors (Lipinski definition) is 15. The van der Waals surface area contributed by atoms with E-state index >= 15 is 17.6 Å². The molecule has 2 heterocycles. The van der Waals surface area contributed by atoms with E-state index < -0.39 is 74.4 Å². The number of rotatable bonds is 17. The lowest BCUT2D eigenvalue weighted by molar-refractivity contribution is -0.520. The second-order valence-electron chi connectivity index (χ2n) is 9.00. The summed E-state index contributed by atoms with van der Waals surface area (Å²) in [7, 11) is 0. The molecule has 242 valence electrons. The van der Waals surface area contributed by atoms with Crippen LogP contribution in [0.25, 0.3) is 0 Å². The number of carbonyl (C=O) groups is 1. The van der Waals surface area contributed by atoms with Crippen molar-refractivity contribution in [3.8, 4) is 0 Å². The van der Waals surface area contributed by atoms with E-state index in [2.05, 4.69) is 70.3 Å². The third-order valence-corrected chi connectivity index (χ3v) is 7.02. The van der Waals surface area contributed by atoms with Crippen molar-refractivity contribution in [2.45, 2.75) is 35.3 Å². The Balaban J connectivity index is 2.90. The molecule has 0 aliphatic carbocycles. The number of alkyl halides is 4. The van der Waals surface area contributed by atoms with Crippen LogP contribution in [-0.2, 0) is 53.1 Å². The van der Waals surface area contributed by atoms with E-state index in [1.165, 1.54) is 0 Å². The van der Waals surface area contributed by atoms with E-state index in [1.54, 1.807) is 0 Å². The Morgan fingerprint density at radius 1 is 0.738 bits per heavy atom. The van der Waals surface area contributed by atoms with Gasteiger partial charge < -0.3 is 28.9 Å². The Labute approximate surface area is 261 Å². The summed E-state index contributed by atoms with van der Waals surface area (Å²) in [6.45, 7) is 2.93. The van der Waals surface area contributed by atoms with Crippen LogP contribution in [0.3, 0.4) is 0 Å². The van der Waals surface area contributed by atoms with Gasteiger partial charge in [-0.1, -0.05) is 19.7 Å². The Hall–Kier alpha value is -1.03. The third kappa shape index (κ3) is 8.36. The molecule has 2 aliphatic heterocycles. The van der Waals surface area contributed by atoms with Gasteiger partial charge in [-0.15, -0.1) is 0 Å². The second-order valence-corrected chi connectivity index (χ2v) is 10.4. The third-order valence-electron chi connectivity index (χ3n) is 5.74. The van der Waals surface area contributed by atoms with Crippen molar-refractivity contribution in [2.75, 3.05) is 62.7 Å². The number of halogens is 4. The summed E-state index contributed by atoms with van der Waals surface area (Å²) >= 11 is 15.8. The zero-order chi connectivity index (χ0) is 31.7. The molecule has 3 unspecified atom stereocenters. The molecule has 42 heavy (non-hydrogen) atoms. The largest absolute Gasteiger partial charge is 0.462 e. The zero-order valence-corrected chi connectivity index (χ0v) is 25.8. The highest BCUT2D eigenvalue weighted by Gasteiger charge is 2.85. The summed E-state index contributed by atoms with van der Waals surface area (Å²) < 4.78 is 84.0. The maximum atomic E-state index is 16.5. The summed E-state index contributed by atoms with van der Waals surface area (Å²) in [5.74, 6) is -6.50. The Morgan fingerprint density at radius 3 is 1.76 bits per heavy atom.